The number of carbonyl (C=O) groups is 2. The molecule has 1 fully saturated rings. The maximum absolute atomic E-state index is 12.5. The zero-order valence-electron chi connectivity index (χ0n) is 14.0. The molecule has 1 aromatic heterocycles. The molecular weight excluding hydrogens is 367 g/mol. The number of alkyl halides is 3. The molecule has 144 valence electrons. The number of carboxylic acid groups (broad SMARTS) is 1. The number of halogens is 3. The molecule has 1 aliphatic rings. The van der Waals surface area contributed by atoms with Gasteiger partial charge in [-0.25, -0.2) is 4.79 Å². The number of rotatable bonds is 4. The Morgan fingerprint density at radius 1 is 1.11 bits per heavy atom. The second kappa shape index (κ2) is 7.01. The number of nitrogens with zero attached hydrogens (tertiary/aromatic N) is 2. The number of nitrogens with one attached hydrogen (secondary N) is 1. The highest BCUT2D eigenvalue weighted by Gasteiger charge is 2.41. The first-order valence-corrected chi connectivity index (χ1v) is 8.28. The largest absolute Gasteiger partial charge is 0.480 e. The molecule has 0 atom stereocenters. The van der Waals surface area contributed by atoms with E-state index >= 15 is 0 Å². The molecule has 0 bridgehead atoms. The monoisotopic (exact) mass is 383 g/mol. The van der Waals surface area contributed by atoms with Crippen LogP contribution in [0.1, 0.15) is 48.4 Å². The van der Waals surface area contributed by atoms with Gasteiger partial charge in [-0.15, -0.1) is 0 Å². The summed E-state index contributed by atoms with van der Waals surface area (Å²) in [5.41, 5.74) is -0.871. The Bertz CT molecular complexity index is 840. The van der Waals surface area contributed by atoms with Crippen LogP contribution in [0.25, 0.3) is 11.4 Å². The molecule has 0 spiro atoms. The van der Waals surface area contributed by atoms with Crippen molar-refractivity contribution in [1.82, 2.24) is 15.5 Å². The van der Waals surface area contributed by atoms with Crippen LogP contribution < -0.4 is 5.32 Å². The molecule has 0 radical (unpaired) electrons. The van der Waals surface area contributed by atoms with E-state index in [-0.39, 0.29) is 17.0 Å². The van der Waals surface area contributed by atoms with Crippen LogP contribution in [0.4, 0.5) is 13.2 Å². The molecule has 1 aliphatic carbocycles. The predicted octanol–water partition coefficient (Wildman–Crippen LogP) is 3.27. The fourth-order valence-corrected chi connectivity index (χ4v) is 3.06. The third kappa shape index (κ3) is 3.93. The van der Waals surface area contributed by atoms with E-state index < -0.39 is 29.5 Å². The summed E-state index contributed by atoms with van der Waals surface area (Å²) in [6, 6.07) is 5.47. The number of aromatic nitrogens is 2. The van der Waals surface area contributed by atoms with Crippen LogP contribution in [0, 0.1) is 0 Å². The van der Waals surface area contributed by atoms with Gasteiger partial charge in [-0.3, -0.25) is 4.79 Å². The summed E-state index contributed by atoms with van der Waals surface area (Å²) in [5, 5.41) is 15.4. The number of amides is 1. The van der Waals surface area contributed by atoms with Gasteiger partial charge in [0.1, 0.15) is 5.54 Å². The number of carbonyl (C=O) groups excluding carboxylic acids is 1. The molecule has 2 N–H and O–H groups in total. The predicted molar refractivity (Wildman–Crippen MR) is 85.7 cm³/mol. The second-order valence-corrected chi connectivity index (χ2v) is 6.40. The second-order valence-electron chi connectivity index (χ2n) is 6.40. The van der Waals surface area contributed by atoms with Gasteiger partial charge in [0.25, 0.3) is 5.91 Å². The average molecular weight is 383 g/mol. The van der Waals surface area contributed by atoms with Crippen molar-refractivity contribution < 1.29 is 32.4 Å². The van der Waals surface area contributed by atoms with Gasteiger partial charge in [-0.1, -0.05) is 36.6 Å². The van der Waals surface area contributed by atoms with Crippen molar-refractivity contribution in [1.29, 1.82) is 0 Å². The molecule has 1 amide bonds. The van der Waals surface area contributed by atoms with Gasteiger partial charge in [-0.2, -0.15) is 18.2 Å². The number of carboxylic acids is 1. The van der Waals surface area contributed by atoms with Gasteiger partial charge in [0, 0.05) is 11.1 Å². The van der Waals surface area contributed by atoms with E-state index in [4.69, 9.17) is 0 Å². The van der Waals surface area contributed by atoms with Crippen molar-refractivity contribution in [2.75, 3.05) is 0 Å². The summed E-state index contributed by atoms with van der Waals surface area (Å²) in [5.74, 6) is -3.35. The summed E-state index contributed by atoms with van der Waals surface area (Å²) in [6.45, 7) is 0. The Kier molecular flexibility index (Phi) is 4.90. The Hall–Kier alpha value is -2.91. The highest BCUT2D eigenvalue weighted by atomic mass is 19.4. The highest BCUT2D eigenvalue weighted by Crippen LogP contribution is 2.30. The van der Waals surface area contributed by atoms with Gasteiger partial charge in [0.05, 0.1) is 0 Å². The maximum Gasteiger partial charge on any atom is 0.471 e. The van der Waals surface area contributed by atoms with Crippen LogP contribution in [-0.2, 0) is 11.0 Å². The first-order valence-electron chi connectivity index (χ1n) is 8.28. The lowest BCUT2D eigenvalue weighted by Crippen LogP contribution is -2.55. The van der Waals surface area contributed by atoms with E-state index in [2.05, 4.69) is 20.0 Å². The zero-order chi connectivity index (χ0) is 19.7. The Morgan fingerprint density at radius 2 is 1.74 bits per heavy atom. The molecule has 1 heterocycles. The van der Waals surface area contributed by atoms with Gasteiger partial charge in [0.15, 0.2) is 0 Å². The molecule has 1 saturated carbocycles. The van der Waals surface area contributed by atoms with Gasteiger partial charge in [0.2, 0.25) is 5.82 Å². The van der Waals surface area contributed by atoms with Crippen LogP contribution in [-0.4, -0.2) is 32.7 Å². The van der Waals surface area contributed by atoms with Crippen molar-refractivity contribution in [3.8, 4) is 11.4 Å². The zero-order valence-corrected chi connectivity index (χ0v) is 14.0. The van der Waals surface area contributed by atoms with Crippen LogP contribution in [0.15, 0.2) is 28.8 Å². The number of aliphatic carboxylic acids is 1. The Labute approximate surface area is 151 Å². The van der Waals surface area contributed by atoms with Crippen LogP contribution >= 0.6 is 0 Å². The molecule has 10 heteroatoms. The molecule has 0 unspecified atom stereocenters. The molecule has 2 aromatic rings. The van der Waals surface area contributed by atoms with E-state index in [1.807, 2.05) is 0 Å². The first-order chi connectivity index (χ1) is 12.7. The van der Waals surface area contributed by atoms with Crippen molar-refractivity contribution >= 4 is 11.9 Å². The quantitative estimate of drug-likeness (QED) is 0.840. The lowest BCUT2D eigenvalue weighted by molar-refractivity contribution is -0.159. The fraction of sp³-hybridized carbons (Fsp3) is 0.412. The molecular formula is C17H16F3N3O4. The van der Waals surface area contributed by atoms with Crippen LogP contribution in [0.5, 0.6) is 0 Å². The maximum atomic E-state index is 12.5. The molecule has 3 rings (SSSR count). The topological polar surface area (TPSA) is 105 Å². The van der Waals surface area contributed by atoms with Crippen molar-refractivity contribution in [2.24, 2.45) is 0 Å². The normalized spacial score (nSPS) is 16.7. The number of benzene rings is 1. The highest BCUT2D eigenvalue weighted by molar-refractivity contribution is 5.98. The summed E-state index contributed by atoms with van der Waals surface area (Å²) in [4.78, 5) is 27.3. The summed E-state index contributed by atoms with van der Waals surface area (Å²) < 4.78 is 41.7. The third-order valence-electron chi connectivity index (χ3n) is 4.54. The Balaban J connectivity index is 1.75. The minimum absolute atomic E-state index is 0.185. The number of hydrogen-bond acceptors (Lipinski definition) is 5. The minimum atomic E-state index is -4.74. The lowest BCUT2D eigenvalue weighted by Gasteiger charge is -2.34. The van der Waals surface area contributed by atoms with E-state index in [0.29, 0.717) is 25.7 Å². The molecule has 7 nitrogen and oxygen atoms in total. The summed E-state index contributed by atoms with van der Waals surface area (Å²) in [6.07, 6.45) is -1.68. The SMILES string of the molecule is O=C(NC1(C(=O)O)CCCCC1)c1ccc(-c2noc(C(F)(F)F)n2)cc1. The van der Waals surface area contributed by atoms with Gasteiger partial charge in [-0.05, 0) is 25.0 Å². The van der Waals surface area contributed by atoms with E-state index in [0.717, 1.165) is 6.42 Å². The summed E-state index contributed by atoms with van der Waals surface area (Å²) >= 11 is 0. The van der Waals surface area contributed by atoms with Crippen LogP contribution in [0.3, 0.4) is 0 Å². The van der Waals surface area contributed by atoms with E-state index in [1.54, 1.807) is 0 Å². The number of hydrogen-bond donors (Lipinski definition) is 2. The fourth-order valence-electron chi connectivity index (χ4n) is 3.06. The van der Waals surface area contributed by atoms with Crippen molar-refractivity contribution in [3.63, 3.8) is 0 Å². The average Bonchev–Trinajstić information content (AvgIpc) is 3.13. The molecule has 27 heavy (non-hydrogen) atoms. The minimum Gasteiger partial charge on any atom is -0.480 e. The van der Waals surface area contributed by atoms with E-state index in [9.17, 15) is 27.9 Å². The standard InChI is InChI=1S/C17H16F3N3O4/c18-17(19,20)14-21-12(23-27-14)10-4-6-11(7-5-10)13(24)22-16(15(25)26)8-2-1-3-9-16/h4-7H,1-3,8-9H2,(H,22,24)(H,25,26). The van der Waals surface area contributed by atoms with Crippen molar-refractivity contribution in [3.05, 3.63) is 35.7 Å². The molecule has 1 aromatic carbocycles. The lowest BCUT2D eigenvalue weighted by atomic mass is 9.81. The molecule has 0 saturated heterocycles. The van der Waals surface area contributed by atoms with E-state index in [1.165, 1.54) is 24.3 Å². The third-order valence-corrected chi connectivity index (χ3v) is 4.54. The van der Waals surface area contributed by atoms with Crippen molar-refractivity contribution in [2.45, 2.75) is 43.8 Å². The molecule has 0 aliphatic heterocycles. The summed E-state index contributed by atoms with van der Waals surface area (Å²) in [7, 11) is 0. The van der Waals surface area contributed by atoms with Gasteiger partial charge >= 0.3 is 18.0 Å². The smallest absolute Gasteiger partial charge is 0.471 e. The van der Waals surface area contributed by atoms with Crippen LogP contribution in [0.2, 0.25) is 0 Å². The Morgan fingerprint density at radius 3 is 2.26 bits per heavy atom. The first kappa shape index (κ1) is 18.9. The van der Waals surface area contributed by atoms with Gasteiger partial charge < -0.3 is 14.9 Å².